The Morgan fingerprint density at radius 2 is 2.04 bits per heavy atom. The molecule has 3 atom stereocenters. The molecule has 0 bridgehead atoms. The van der Waals surface area contributed by atoms with Crippen LogP contribution in [0.25, 0.3) is 10.8 Å². The number of nitrogens with zero attached hydrogens (tertiary/aromatic N) is 6. The SMILES string of the molecule is C=CC(=O)N1CCN(c2nc(OC(CCC(C)(C)O)C3CCCN3)nc3c2CCN(c2cccc4cccc(Cl)c24)C3)C[C@@H]1CC#N. The van der Waals surface area contributed by atoms with Crippen molar-refractivity contribution in [3.05, 3.63) is 65.3 Å². The Labute approximate surface area is 282 Å². The van der Waals surface area contributed by atoms with Crippen molar-refractivity contribution in [1.82, 2.24) is 20.2 Å². The predicted octanol–water partition coefficient (Wildman–Crippen LogP) is 5.01. The van der Waals surface area contributed by atoms with Gasteiger partial charge < -0.3 is 29.9 Å². The average molecular weight is 658 g/mol. The van der Waals surface area contributed by atoms with E-state index >= 15 is 0 Å². The van der Waals surface area contributed by atoms with E-state index in [1.165, 1.54) is 6.08 Å². The second-order valence-electron chi connectivity index (χ2n) is 13.4. The summed E-state index contributed by atoms with van der Waals surface area (Å²) in [4.78, 5) is 29.0. The first-order valence-electron chi connectivity index (χ1n) is 16.6. The molecular formula is C36H44ClN7O3. The fourth-order valence-electron chi connectivity index (χ4n) is 7.19. The lowest BCUT2D eigenvalue weighted by molar-refractivity contribution is -0.128. The second-order valence-corrected chi connectivity index (χ2v) is 13.9. The number of nitrogens with one attached hydrogen (secondary N) is 1. The summed E-state index contributed by atoms with van der Waals surface area (Å²) in [6.45, 7) is 11.1. The van der Waals surface area contributed by atoms with Gasteiger partial charge in [-0.05, 0) is 76.1 Å². The van der Waals surface area contributed by atoms with Gasteiger partial charge >= 0.3 is 6.01 Å². The highest BCUT2D eigenvalue weighted by Crippen LogP contribution is 2.37. The van der Waals surface area contributed by atoms with Crippen molar-refractivity contribution < 1.29 is 14.6 Å². The molecule has 2 saturated heterocycles. The van der Waals surface area contributed by atoms with Crippen LogP contribution in [0.15, 0.2) is 49.1 Å². The molecule has 0 radical (unpaired) electrons. The highest BCUT2D eigenvalue weighted by atomic mass is 35.5. The highest BCUT2D eigenvalue weighted by molar-refractivity contribution is 6.36. The minimum Gasteiger partial charge on any atom is -0.458 e. The minimum absolute atomic E-state index is 0.142. The molecule has 2 unspecified atom stereocenters. The van der Waals surface area contributed by atoms with E-state index in [0.29, 0.717) is 56.5 Å². The van der Waals surface area contributed by atoms with Crippen molar-refractivity contribution in [2.45, 2.75) is 82.7 Å². The maximum Gasteiger partial charge on any atom is 0.319 e. The van der Waals surface area contributed by atoms with Gasteiger partial charge in [-0.3, -0.25) is 4.79 Å². The predicted molar refractivity (Wildman–Crippen MR) is 185 cm³/mol. The third-order valence-electron chi connectivity index (χ3n) is 9.61. The number of benzene rings is 2. The van der Waals surface area contributed by atoms with E-state index < -0.39 is 5.60 Å². The standard InChI is InChI=1S/C36H44ClN7O3/c1-4-32(45)44-21-20-43(22-25(44)14-17-38)34-26-15-19-42(30-12-6-9-24-8-5-10-27(37)33(24)30)23-29(26)40-35(41-34)47-31(13-16-36(2,3)46)28-11-7-18-39-28/h4-6,8-10,12,25,28,31,39,46H,1,7,11,13-16,18-23H2,2-3H3/t25-,28?,31?/m0/s1. The van der Waals surface area contributed by atoms with Crippen molar-refractivity contribution in [3.8, 4) is 12.1 Å². The van der Waals surface area contributed by atoms with Gasteiger partial charge in [0.05, 0.1) is 41.4 Å². The Balaban J connectivity index is 1.37. The Kier molecular flexibility index (Phi) is 9.88. The Morgan fingerprint density at radius 3 is 2.77 bits per heavy atom. The largest absolute Gasteiger partial charge is 0.458 e. The third-order valence-corrected chi connectivity index (χ3v) is 9.92. The summed E-state index contributed by atoms with van der Waals surface area (Å²) >= 11 is 6.74. The van der Waals surface area contributed by atoms with Crippen LogP contribution in [0.5, 0.6) is 6.01 Å². The molecular weight excluding hydrogens is 614 g/mol. The first-order valence-corrected chi connectivity index (χ1v) is 17.0. The van der Waals surface area contributed by atoms with Gasteiger partial charge in [0.1, 0.15) is 11.9 Å². The maximum atomic E-state index is 12.6. The van der Waals surface area contributed by atoms with Crippen molar-refractivity contribution in [2.24, 2.45) is 0 Å². The van der Waals surface area contributed by atoms with Crippen LogP contribution in [-0.4, -0.2) is 82.4 Å². The maximum absolute atomic E-state index is 12.6. The van der Waals surface area contributed by atoms with Crippen molar-refractivity contribution >= 4 is 39.8 Å². The van der Waals surface area contributed by atoms with Crippen LogP contribution in [0, 0.1) is 11.3 Å². The number of halogens is 1. The average Bonchev–Trinajstić information content (AvgIpc) is 3.60. The fraction of sp³-hybridized carbons (Fsp3) is 0.500. The molecule has 0 spiro atoms. The molecule has 3 aliphatic heterocycles. The van der Waals surface area contributed by atoms with E-state index in [9.17, 15) is 15.2 Å². The molecule has 0 aliphatic carbocycles. The quantitative estimate of drug-likeness (QED) is 0.290. The van der Waals surface area contributed by atoms with E-state index in [4.69, 9.17) is 26.3 Å². The van der Waals surface area contributed by atoms with Crippen LogP contribution in [-0.2, 0) is 17.8 Å². The van der Waals surface area contributed by atoms with E-state index in [2.05, 4.69) is 52.0 Å². The number of ether oxygens (including phenoxy) is 1. The van der Waals surface area contributed by atoms with Crippen LogP contribution in [0.3, 0.4) is 0 Å². The third kappa shape index (κ3) is 7.33. The number of carbonyl (C=O) groups excluding carboxylic acids is 1. The fourth-order valence-corrected chi connectivity index (χ4v) is 7.46. The second kappa shape index (κ2) is 14.1. The molecule has 2 aromatic carbocycles. The number of aromatic nitrogens is 2. The zero-order valence-corrected chi connectivity index (χ0v) is 28.0. The smallest absolute Gasteiger partial charge is 0.319 e. The number of anilines is 2. The number of piperazine rings is 1. The van der Waals surface area contributed by atoms with Gasteiger partial charge in [-0.1, -0.05) is 42.4 Å². The monoisotopic (exact) mass is 657 g/mol. The summed E-state index contributed by atoms with van der Waals surface area (Å²) in [5, 5.41) is 26.5. The molecule has 3 aromatic rings. The van der Waals surface area contributed by atoms with Gasteiger partial charge in [0.2, 0.25) is 5.91 Å². The van der Waals surface area contributed by atoms with Crippen molar-refractivity contribution in [2.75, 3.05) is 42.5 Å². The number of aliphatic hydroxyl groups is 1. The van der Waals surface area contributed by atoms with Crippen LogP contribution in [0.1, 0.15) is 57.2 Å². The molecule has 4 heterocycles. The summed E-state index contributed by atoms with van der Waals surface area (Å²) in [6.07, 6.45) is 5.33. The van der Waals surface area contributed by atoms with Crippen LogP contribution in [0.4, 0.5) is 11.5 Å². The lowest BCUT2D eigenvalue weighted by Crippen LogP contribution is -2.55. The van der Waals surface area contributed by atoms with Gasteiger partial charge in [-0.25, -0.2) is 0 Å². The zero-order valence-electron chi connectivity index (χ0n) is 27.3. The van der Waals surface area contributed by atoms with E-state index in [1.54, 1.807) is 4.90 Å². The Bertz CT molecular complexity index is 1660. The number of fused-ring (bicyclic) bond motifs is 2. The normalized spacial score (nSPS) is 20.5. The lowest BCUT2D eigenvalue weighted by atomic mass is 9.96. The zero-order chi connectivity index (χ0) is 33.1. The van der Waals surface area contributed by atoms with Crippen LogP contribution < -0.4 is 19.9 Å². The molecule has 2 fully saturated rings. The number of hydrogen-bond acceptors (Lipinski definition) is 9. The molecule has 3 aliphatic rings. The molecule has 47 heavy (non-hydrogen) atoms. The topological polar surface area (TPSA) is 118 Å². The van der Waals surface area contributed by atoms with Crippen LogP contribution >= 0.6 is 11.6 Å². The lowest BCUT2D eigenvalue weighted by Gasteiger charge is -2.42. The number of rotatable bonds is 10. The first-order chi connectivity index (χ1) is 22.6. The van der Waals surface area contributed by atoms with Crippen molar-refractivity contribution in [1.29, 1.82) is 5.26 Å². The van der Waals surface area contributed by atoms with Crippen molar-refractivity contribution in [3.63, 3.8) is 0 Å². The summed E-state index contributed by atoms with van der Waals surface area (Å²) in [7, 11) is 0. The number of amides is 1. The minimum atomic E-state index is -0.819. The molecule has 6 rings (SSSR count). The first kappa shape index (κ1) is 33.0. The molecule has 0 saturated carbocycles. The summed E-state index contributed by atoms with van der Waals surface area (Å²) in [5.41, 5.74) is 2.19. The summed E-state index contributed by atoms with van der Waals surface area (Å²) < 4.78 is 6.68. The van der Waals surface area contributed by atoms with E-state index in [1.807, 2.05) is 26.0 Å². The van der Waals surface area contributed by atoms with Gasteiger partial charge in [-0.2, -0.15) is 15.2 Å². The van der Waals surface area contributed by atoms with Crippen LogP contribution in [0.2, 0.25) is 5.02 Å². The molecule has 10 nitrogen and oxygen atoms in total. The van der Waals surface area contributed by atoms with Gasteiger partial charge in [0, 0.05) is 48.9 Å². The van der Waals surface area contributed by atoms with E-state index in [0.717, 1.165) is 59.5 Å². The highest BCUT2D eigenvalue weighted by Gasteiger charge is 2.35. The molecule has 1 amide bonds. The summed E-state index contributed by atoms with van der Waals surface area (Å²) in [5.74, 6) is 0.636. The van der Waals surface area contributed by atoms with E-state index in [-0.39, 0.29) is 30.5 Å². The summed E-state index contributed by atoms with van der Waals surface area (Å²) in [6, 6.07) is 14.7. The number of carbonyl (C=O) groups is 1. The Morgan fingerprint density at radius 1 is 1.23 bits per heavy atom. The molecule has 248 valence electrons. The molecule has 11 heteroatoms. The number of hydrogen-bond donors (Lipinski definition) is 2. The molecule has 2 N–H and O–H groups in total. The number of nitriles is 1. The Hall–Kier alpha value is -3.91. The molecule has 1 aromatic heterocycles. The van der Waals surface area contributed by atoms with Gasteiger partial charge in [0.25, 0.3) is 0 Å². The van der Waals surface area contributed by atoms with Gasteiger partial charge in [-0.15, -0.1) is 0 Å². The van der Waals surface area contributed by atoms with Gasteiger partial charge in [0.15, 0.2) is 0 Å².